The third-order valence-corrected chi connectivity index (χ3v) is 5.96. The number of aromatic nitrogens is 2. The van der Waals surface area contributed by atoms with E-state index >= 15 is 0 Å². The molecule has 4 nitrogen and oxygen atoms in total. The molecule has 0 atom stereocenters. The number of hydrogen-bond donors (Lipinski definition) is 0. The molecule has 3 aromatic rings. The lowest BCUT2D eigenvalue weighted by Gasteiger charge is -2.32. The van der Waals surface area contributed by atoms with Gasteiger partial charge in [-0.2, -0.15) is 5.10 Å². The largest absolute Gasteiger partial charge is 0.338 e. The first-order chi connectivity index (χ1) is 14.0. The molecule has 150 valence electrons. The van der Waals surface area contributed by atoms with Crippen molar-refractivity contribution in [3.05, 3.63) is 88.0 Å². The van der Waals surface area contributed by atoms with E-state index in [0.29, 0.717) is 42.0 Å². The fraction of sp³-hybridized carbons (Fsp3) is 0.304. The number of nitrogens with zero attached hydrogens (tertiary/aromatic N) is 3. The van der Waals surface area contributed by atoms with Gasteiger partial charge in [0.05, 0.1) is 17.8 Å². The summed E-state index contributed by atoms with van der Waals surface area (Å²) in [4.78, 5) is 15.0. The van der Waals surface area contributed by atoms with E-state index in [2.05, 4.69) is 29.4 Å². The number of piperidine rings is 1. The monoisotopic (exact) mass is 411 g/mol. The van der Waals surface area contributed by atoms with Crippen LogP contribution < -0.4 is 0 Å². The first-order valence-electron chi connectivity index (χ1n) is 9.84. The number of likely N-dealkylation sites (tertiary alicyclic amines) is 1. The number of hydrogen-bond acceptors (Lipinski definition) is 2. The highest BCUT2D eigenvalue weighted by molar-refractivity contribution is 6.33. The third-order valence-electron chi connectivity index (χ3n) is 5.58. The van der Waals surface area contributed by atoms with Crippen LogP contribution in [0.3, 0.4) is 0 Å². The molecule has 0 spiro atoms. The maximum atomic E-state index is 13.1. The van der Waals surface area contributed by atoms with Crippen molar-refractivity contribution in [1.29, 1.82) is 0 Å². The van der Waals surface area contributed by atoms with Gasteiger partial charge >= 0.3 is 0 Å². The van der Waals surface area contributed by atoms with E-state index in [1.54, 1.807) is 23.7 Å². The number of carbonyl (C=O) groups excluding carboxylic acids is 1. The first-order valence-corrected chi connectivity index (χ1v) is 10.2. The highest BCUT2D eigenvalue weighted by Gasteiger charge is 2.29. The lowest BCUT2D eigenvalue weighted by Crippen LogP contribution is -2.38. The van der Waals surface area contributed by atoms with Gasteiger partial charge in [0.15, 0.2) is 0 Å². The maximum Gasteiger partial charge on any atom is 0.258 e. The van der Waals surface area contributed by atoms with Crippen molar-refractivity contribution in [3.8, 4) is 0 Å². The number of halogens is 2. The Morgan fingerprint density at radius 3 is 2.41 bits per heavy atom. The molecule has 4 rings (SSSR count). The number of carbonyl (C=O) groups is 1. The van der Waals surface area contributed by atoms with Crippen LogP contribution >= 0.6 is 11.6 Å². The predicted octanol–water partition coefficient (Wildman–Crippen LogP) is 5.05. The highest BCUT2D eigenvalue weighted by atomic mass is 35.5. The van der Waals surface area contributed by atoms with Crippen LogP contribution in [0.2, 0.25) is 5.15 Å². The second kappa shape index (κ2) is 8.37. The van der Waals surface area contributed by atoms with Gasteiger partial charge in [-0.05, 0) is 48.9 Å². The molecule has 1 aliphatic rings. The second-order valence-electron chi connectivity index (χ2n) is 7.51. The van der Waals surface area contributed by atoms with Crippen molar-refractivity contribution in [2.75, 3.05) is 13.1 Å². The lowest BCUT2D eigenvalue weighted by molar-refractivity contribution is 0.0712. The van der Waals surface area contributed by atoms with E-state index in [0.717, 1.165) is 18.4 Å². The Morgan fingerprint density at radius 1 is 1.10 bits per heavy atom. The molecule has 1 aliphatic heterocycles. The summed E-state index contributed by atoms with van der Waals surface area (Å²) in [6.45, 7) is 3.61. The van der Waals surface area contributed by atoms with Gasteiger partial charge in [-0.1, -0.05) is 54.1 Å². The average molecular weight is 412 g/mol. The molecule has 0 unspecified atom stereocenters. The zero-order chi connectivity index (χ0) is 20.4. The van der Waals surface area contributed by atoms with Gasteiger partial charge in [-0.25, -0.2) is 9.07 Å². The molecule has 1 fully saturated rings. The van der Waals surface area contributed by atoms with Crippen LogP contribution in [0.1, 0.15) is 45.9 Å². The van der Waals surface area contributed by atoms with Gasteiger partial charge in [0.2, 0.25) is 0 Å². The fourth-order valence-corrected chi connectivity index (χ4v) is 4.28. The maximum absolute atomic E-state index is 13.1. The summed E-state index contributed by atoms with van der Waals surface area (Å²) in [5, 5.41) is 4.78. The predicted molar refractivity (Wildman–Crippen MR) is 112 cm³/mol. The first kappa shape index (κ1) is 19.6. The summed E-state index contributed by atoms with van der Waals surface area (Å²) >= 11 is 6.53. The Bertz CT molecular complexity index is 993. The molecule has 0 radical (unpaired) electrons. The normalized spacial score (nSPS) is 14.9. The van der Waals surface area contributed by atoms with E-state index < -0.39 is 0 Å². The molecular formula is C23H23ClFN3O. The Hall–Kier alpha value is -2.66. The minimum absolute atomic E-state index is 0.0654. The molecule has 0 saturated carbocycles. The summed E-state index contributed by atoms with van der Waals surface area (Å²) in [7, 11) is 0. The molecule has 2 heterocycles. The van der Waals surface area contributed by atoms with E-state index in [9.17, 15) is 9.18 Å². The quantitative estimate of drug-likeness (QED) is 0.602. The van der Waals surface area contributed by atoms with Gasteiger partial charge in [0, 0.05) is 13.1 Å². The number of benzene rings is 2. The smallest absolute Gasteiger partial charge is 0.258 e. The van der Waals surface area contributed by atoms with Gasteiger partial charge in [-0.15, -0.1) is 0 Å². The topological polar surface area (TPSA) is 38.1 Å². The molecule has 1 saturated heterocycles. The highest BCUT2D eigenvalue weighted by Crippen LogP contribution is 2.30. The number of aryl methyl sites for hydroxylation is 1. The van der Waals surface area contributed by atoms with E-state index in [1.165, 1.54) is 17.7 Å². The Morgan fingerprint density at radius 2 is 1.76 bits per heavy atom. The molecule has 1 aromatic heterocycles. The summed E-state index contributed by atoms with van der Waals surface area (Å²) in [5.74, 6) is 0.133. The van der Waals surface area contributed by atoms with Gasteiger partial charge in [0.25, 0.3) is 5.91 Å². The molecule has 0 N–H and O–H groups in total. The van der Waals surface area contributed by atoms with Crippen LogP contribution in [0.15, 0.2) is 54.6 Å². The fourth-order valence-electron chi connectivity index (χ4n) is 3.96. The van der Waals surface area contributed by atoms with Crippen molar-refractivity contribution in [3.63, 3.8) is 0 Å². The Kier molecular flexibility index (Phi) is 5.67. The Labute approximate surface area is 174 Å². The van der Waals surface area contributed by atoms with E-state index in [1.807, 2.05) is 11.0 Å². The summed E-state index contributed by atoms with van der Waals surface area (Å²) in [5.41, 5.74) is 3.29. The Balaban J connectivity index is 1.46. The third kappa shape index (κ3) is 4.20. The summed E-state index contributed by atoms with van der Waals surface area (Å²) in [6, 6.07) is 16.7. The van der Waals surface area contributed by atoms with Crippen LogP contribution in [0.4, 0.5) is 4.39 Å². The van der Waals surface area contributed by atoms with Gasteiger partial charge in [-0.3, -0.25) is 4.79 Å². The molecule has 2 aromatic carbocycles. The van der Waals surface area contributed by atoms with E-state index in [4.69, 9.17) is 11.6 Å². The van der Waals surface area contributed by atoms with Crippen molar-refractivity contribution in [2.24, 2.45) is 0 Å². The average Bonchev–Trinajstić information content (AvgIpc) is 3.03. The van der Waals surface area contributed by atoms with Crippen LogP contribution in [0.5, 0.6) is 0 Å². The van der Waals surface area contributed by atoms with Crippen molar-refractivity contribution in [1.82, 2.24) is 14.7 Å². The van der Waals surface area contributed by atoms with E-state index in [-0.39, 0.29) is 11.7 Å². The molecule has 29 heavy (non-hydrogen) atoms. The van der Waals surface area contributed by atoms with Crippen LogP contribution in [0.25, 0.3) is 0 Å². The summed E-state index contributed by atoms with van der Waals surface area (Å²) in [6.07, 6.45) is 1.88. The minimum atomic E-state index is -0.286. The molecule has 0 bridgehead atoms. The molecule has 6 heteroatoms. The van der Waals surface area contributed by atoms with Crippen LogP contribution in [-0.2, 0) is 6.54 Å². The number of rotatable bonds is 4. The zero-order valence-corrected chi connectivity index (χ0v) is 17.1. The van der Waals surface area contributed by atoms with Crippen molar-refractivity contribution < 1.29 is 9.18 Å². The SMILES string of the molecule is Cc1nn(Cc2ccc(F)cc2)c(Cl)c1C(=O)N1CCC(c2ccccc2)CC1. The van der Waals surface area contributed by atoms with Crippen LogP contribution in [0, 0.1) is 12.7 Å². The minimum Gasteiger partial charge on any atom is -0.338 e. The molecule has 0 aliphatic carbocycles. The van der Waals surface area contributed by atoms with Gasteiger partial charge in [0.1, 0.15) is 11.0 Å². The lowest BCUT2D eigenvalue weighted by atomic mass is 9.89. The van der Waals surface area contributed by atoms with Crippen molar-refractivity contribution >= 4 is 17.5 Å². The van der Waals surface area contributed by atoms with Gasteiger partial charge < -0.3 is 4.90 Å². The zero-order valence-electron chi connectivity index (χ0n) is 16.3. The molecule has 1 amide bonds. The second-order valence-corrected chi connectivity index (χ2v) is 7.87. The van der Waals surface area contributed by atoms with Crippen molar-refractivity contribution in [2.45, 2.75) is 32.2 Å². The van der Waals surface area contributed by atoms with Crippen LogP contribution in [-0.4, -0.2) is 33.7 Å². The standard InChI is InChI=1S/C23H23ClFN3O/c1-16-21(22(24)28(26-16)15-17-7-9-20(25)10-8-17)23(29)27-13-11-19(12-14-27)18-5-3-2-4-6-18/h2-10,19H,11-15H2,1H3. The molecular weight excluding hydrogens is 389 g/mol. The summed E-state index contributed by atoms with van der Waals surface area (Å²) < 4.78 is 14.7. The number of amides is 1.